The van der Waals surface area contributed by atoms with Crippen molar-refractivity contribution in [3.63, 3.8) is 0 Å². The van der Waals surface area contributed by atoms with E-state index >= 15 is 0 Å². The van der Waals surface area contributed by atoms with Gasteiger partial charge in [-0.3, -0.25) is 4.79 Å². The van der Waals surface area contributed by atoms with Gasteiger partial charge in [0, 0.05) is 5.92 Å². The van der Waals surface area contributed by atoms with Gasteiger partial charge in [-0.15, -0.1) is 0 Å². The summed E-state index contributed by atoms with van der Waals surface area (Å²) in [7, 11) is 0. The summed E-state index contributed by atoms with van der Waals surface area (Å²) in [6.45, 7) is 5.18. The molecule has 4 nitrogen and oxygen atoms in total. The lowest BCUT2D eigenvalue weighted by atomic mass is 10.1. The topological polar surface area (TPSA) is 50.4 Å². The number of piperidine rings is 1. The van der Waals surface area contributed by atoms with Gasteiger partial charge < -0.3 is 15.4 Å². The Bertz CT molecular complexity index is 621. The Balaban J connectivity index is 1.58. The van der Waals surface area contributed by atoms with Gasteiger partial charge in [-0.1, -0.05) is 12.1 Å². The lowest BCUT2D eigenvalue weighted by Crippen LogP contribution is -2.49. The summed E-state index contributed by atoms with van der Waals surface area (Å²) in [6, 6.07) is 5.09. The summed E-state index contributed by atoms with van der Waals surface area (Å²) in [5, 5.41) is 6.13. The molecule has 1 aromatic carbocycles. The predicted octanol–water partition coefficient (Wildman–Crippen LogP) is 2.44. The zero-order valence-electron chi connectivity index (χ0n) is 13.6. The van der Waals surface area contributed by atoms with Gasteiger partial charge in [-0.2, -0.15) is 13.2 Å². The molecule has 1 unspecified atom stereocenters. The molecule has 3 rings (SSSR count). The monoisotopic (exact) mass is 342 g/mol. The van der Waals surface area contributed by atoms with Crippen LogP contribution in [0.4, 0.5) is 13.2 Å². The van der Waals surface area contributed by atoms with E-state index in [0.29, 0.717) is 11.8 Å². The van der Waals surface area contributed by atoms with Crippen molar-refractivity contribution in [1.82, 2.24) is 10.6 Å². The van der Waals surface area contributed by atoms with Crippen LogP contribution in [0.5, 0.6) is 5.75 Å². The minimum absolute atomic E-state index is 0.0213. The average Bonchev–Trinajstić information content (AvgIpc) is 2.98. The van der Waals surface area contributed by atoms with Crippen LogP contribution < -0.4 is 15.4 Å². The molecule has 1 amide bonds. The molecule has 7 heteroatoms. The number of nitrogens with one attached hydrogen (secondary N) is 2. The third-order valence-electron chi connectivity index (χ3n) is 4.64. The van der Waals surface area contributed by atoms with Crippen molar-refractivity contribution < 1.29 is 22.7 Å². The number of benzene rings is 1. The molecule has 2 N–H and O–H groups in total. The Morgan fingerprint density at radius 1 is 1.25 bits per heavy atom. The molecule has 2 fully saturated rings. The van der Waals surface area contributed by atoms with E-state index in [2.05, 4.69) is 10.6 Å². The van der Waals surface area contributed by atoms with Crippen LogP contribution in [0.15, 0.2) is 24.3 Å². The number of halogens is 3. The van der Waals surface area contributed by atoms with Gasteiger partial charge in [-0.05, 0) is 50.9 Å². The molecule has 0 spiro atoms. The van der Waals surface area contributed by atoms with E-state index < -0.39 is 17.3 Å². The van der Waals surface area contributed by atoms with Gasteiger partial charge in [0.15, 0.2) is 0 Å². The molecule has 1 aliphatic carbocycles. The van der Waals surface area contributed by atoms with Crippen LogP contribution in [-0.4, -0.2) is 31.1 Å². The van der Waals surface area contributed by atoms with Gasteiger partial charge in [0.1, 0.15) is 12.4 Å². The quantitative estimate of drug-likeness (QED) is 0.864. The lowest BCUT2D eigenvalue weighted by Gasteiger charge is -2.27. The van der Waals surface area contributed by atoms with Gasteiger partial charge in [-0.25, -0.2) is 0 Å². The largest absolute Gasteiger partial charge is 0.491 e. The Kier molecular flexibility index (Phi) is 4.23. The number of hydrogen-bond acceptors (Lipinski definition) is 3. The molecule has 0 bridgehead atoms. The molecule has 132 valence electrons. The van der Waals surface area contributed by atoms with Crippen LogP contribution in [-0.2, 0) is 11.0 Å². The highest BCUT2D eigenvalue weighted by Crippen LogP contribution is 2.48. The highest BCUT2D eigenvalue weighted by molar-refractivity contribution is 5.83. The highest BCUT2D eigenvalue weighted by Gasteiger charge is 2.57. The number of carbonyl (C=O) groups excluding carboxylic acids is 1. The van der Waals surface area contributed by atoms with Crippen LogP contribution in [0, 0.1) is 17.8 Å². The zero-order valence-corrected chi connectivity index (χ0v) is 13.6. The first-order valence-electron chi connectivity index (χ1n) is 8.01. The van der Waals surface area contributed by atoms with Crippen molar-refractivity contribution >= 4 is 5.91 Å². The second-order valence-electron chi connectivity index (χ2n) is 7.17. The summed E-state index contributed by atoms with van der Waals surface area (Å²) < 4.78 is 44.3. The SMILES string of the molecule is CC(C)(COc1ccccc1C(F)(F)F)NC(=O)C1[C@H]2CNC[C@@H]12. The van der Waals surface area contributed by atoms with Crippen molar-refractivity contribution in [2.45, 2.75) is 25.6 Å². The van der Waals surface area contributed by atoms with E-state index in [4.69, 9.17) is 4.74 Å². The Morgan fingerprint density at radius 3 is 2.50 bits per heavy atom. The predicted molar refractivity (Wildman–Crippen MR) is 82.5 cm³/mol. The number of alkyl halides is 3. The van der Waals surface area contributed by atoms with Crippen molar-refractivity contribution in [3.05, 3.63) is 29.8 Å². The molecule has 1 saturated heterocycles. The fourth-order valence-corrected chi connectivity index (χ4v) is 3.35. The number of fused-ring (bicyclic) bond motifs is 1. The Labute approximate surface area is 138 Å². The first-order chi connectivity index (χ1) is 11.2. The second-order valence-corrected chi connectivity index (χ2v) is 7.17. The third-order valence-corrected chi connectivity index (χ3v) is 4.64. The first kappa shape index (κ1) is 17.1. The van der Waals surface area contributed by atoms with E-state index in [1.807, 2.05) is 0 Å². The summed E-state index contributed by atoms with van der Waals surface area (Å²) in [4.78, 5) is 12.3. The van der Waals surface area contributed by atoms with Crippen LogP contribution in [0.25, 0.3) is 0 Å². The number of para-hydroxylation sites is 1. The minimum atomic E-state index is -4.47. The molecule has 2 aliphatic rings. The maximum Gasteiger partial charge on any atom is 0.419 e. The van der Waals surface area contributed by atoms with Crippen LogP contribution in [0.1, 0.15) is 19.4 Å². The van der Waals surface area contributed by atoms with Crippen molar-refractivity contribution in [3.8, 4) is 5.75 Å². The minimum Gasteiger partial charge on any atom is -0.491 e. The fourth-order valence-electron chi connectivity index (χ4n) is 3.35. The van der Waals surface area contributed by atoms with E-state index in [9.17, 15) is 18.0 Å². The third kappa shape index (κ3) is 3.50. The summed E-state index contributed by atoms with van der Waals surface area (Å²) >= 11 is 0. The van der Waals surface area contributed by atoms with Crippen LogP contribution >= 0.6 is 0 Å². The second kappa shape index (κ2) is 5.95. The molecule has 24 heavy (non-hydrogen) atoms. The van der Waals surface area contributed by atoms with E-state index in [-0.39, 0.29) is 24.2 Å². The number of rotatable bonds is 5. The van der Waals surface area contributed by atoms with Crippen LogP contribution in [0.2, 0.25) is 0 Å². The molecule has 1 aromatic rings. The Hall–Kier alpha value is -1.76. The lowest BCUT2D eigenvalue weighted by molar-refractivity contribution is -0.139. The fraction of sp³-hybridized carbons (Fsp3) is 0.588. The van der Waals surface area contributed by atoms with Gasteiger partial charge in [0.2, 0.25) is 5.91 Å². The average molecular weight is 342 g/mol. The van der Waals surface area contributed by atoms with Crippen molar-refractivity contribution in [2.24, 2.45) is 17.8 Å². The first-order valence-corrected chi connectivity index (χ1v) is 8.01. The number of hydrogen-bond donors (Lipinski definition) is 2. The highest BCUT2D eigenvalue weighted by atomic mass is 19.4. The summed E-state index contributed by atoms with van der Waals surface area (Å²) in [5.41, 5.74) is -1.56. The van der Waals surface area contributed by atoms with Gasteiger partial charge in [0.05, 0.1) is 11.1 Å². The standard InChI is InChI=1S/C17H21F3N2O2/c1-16(2,22-15(23)14-10-7-21-8-11(10)14)9-24-13-6-4-3-5-12(13)17(18,19)20/h3-6,10-11,14,21H,7-9H2,1-2H3,(H,22,23)/t10-,11+,14?. The van der Waals surface area contributed by atoms with Gasteiger partial charge >= 0.3 is 6.18 Å². The van der Waals surface area contributed by atoms with Crippen molar-refractivity contribution in [2.75, 3.05) is 19.7 Å². The number of carbonyl (C=O) groups is 1. The van der Waals surface area contributed by atoms with E-state index in [0.717, 1.165) is 19.2 Å². The Morgan fingerprint density at radius 2 is 1.88 bits per heavy atom. The zero-order chi connectivity index (χ0) is 17.5. The van der Waals surface area contributed by atoms with E-state index in [1.54, 1.807) is 13.8 Å². The van der Waals surface area contributed by atoms with Crippen LogP contribution in [0.3, 0.4) is 0 Å². The molecule has 1 saturated carbocycles. The molecular weight excluding hydrogens is 321 g/mol. The molecule has 1 aliphatic heterocycles. The van der Waals surface area contributed by atoms with Gasteiger partial charge in [0.25, 0.3) is 0 Å². The molecule has 0 aromatic heterocycles. The number of ether oxygens (including phenoxy) is 1. The summed E-state index contributed by atoms with van der Waals surface area (Å²) in [5.74, 6) is 0.553. The van der Waals surface area contributed by atoms with E-state index in [1.165, 1.54) is 18.2 Å². The maximum atomic E-state index is 13.0. The number of amides is 1. The molecule has 3 atom stereocenters. The normalized spacial score (nSPS) is 26.0. The smallest absolute Gasteiger partial charge is 0.419 e. The van der Waals surface area contributed by atoms with Crippen molar-refractivity contribution in [1.29, 1.82) is 0 Å². The summed E-state index contributed by atoms with van der Waals surface area (Å²) in [6.07, 6.45) is -4.47. The molecule has 1 heterocycles. The molecular formula is C17H21F3N2O2. The molecule has 0 radical (unpaired) electrons. The maximum absolute atomic E-state index is 13.0.